The average molecular weight is 604 g/mol. The van der Waals surface area contributed by atoms with E-state index in [0.29, 0.717) is 32.1 Å². The number of carbonyl (C=O) groups is 2. The Morgan fingerprint density at radius 1 is 0.971 bits per heavy atom. The Bertz CT molecular complexity index is 1250. The van der Waals surface area contributed by atoms with E-state index in [0.717, 1.165) is 10.0 Å². The summed E-state index contributed by atoms with van der Waals surface area (Å²) in [5.41, 5.74) is 3.98. The number of nitrogens with one attached hydrogen (secondary N) is 2. The largest absolute Gasteiger partial charge is 0.488 e. The van der Waals surface area contributed by atoms with Gasteiger partial charge in [-0.25, -0.2) is 5.43 Å². The van der Waals surface area contributed by atoms with Crippen LogP contribution in [-0.4, -0.2) is 18.0 Å². The molecule has 0 aliphatic heterocycles. The average Bonchev–Trinajstić information content (AvgIpc) is 2.77. The highest BCUT2D eigenvalue weighted by Crippen LogP contribution is 2.29. The van der Waals surface area contributed by atoms with E-state index in [1.54, 1.807) is 54.6 Å². The molecule has 0 aliphatic carbocycles. The zero-order valence-electron chi connectivity index (χ0n) is 17.2. The van der Waals surface area contributed by atoms with E-state index >= 15 is 0 Å². The van der Waals surface area contributed by atoms with Gasteiger partial charge in [-0.15, -0.1) is 0 Å². The summed E-state index contributed by atoms with van der Waals surface area (Å²) in [7, 11) is 0. The van der Waals surface area contributed by atoms with E-state index in [-0.39, 0.29) is 11.6 Å². The second-order valence-corrected chi connectivity index (χ2v) is 9.37. The van der Waals surface area contributed by atoms with Gasteiger partial charge in [-0.05, 0) is 42.5 Å². The normalized spacial score (nSPS) is 10.9. The van der Waals surface area contributed by atoms with Gasteiger partial charge in [0.2, 0.25) is 11.8 Å². The first-order valence-electron chi connectivity index (χ1n) is 9.65. The number of rotatable bonds is 8. The third-order valence-corrected chi connectivity index (χ3v) is 6.21. The number of ether oxygens (including phenoxy) is 1. The fraction of sp³-hybridized carbons (Fsp3) is 0.0870. The number of benzene rings is 3. The number of amides is 2. The monoisotopic (exact) mass is 601 g/mol. The Balaban J connectivity index is 1.59. The van der Waals surface area contributed by atoms with Crippen molar-refractivity contribution in [2.75, 3.05) is 5.32 Å². The van der Waals surface area contributed by atoms with Crippen LogP contribution in [0.15, 0.2) is 64.2 Å². The lowest BCUT2D eigenvalue weighted by Gasteiger charge is -2.11. The summed E-state index contributed by atoms with van der Waals surface area (Å²) in [6.07, 6.45) is 0.949. The van der Waals surface area contributed by atoms with E-state index in [9.17, 15) is 9.59 Å². The first kappa shape index (κ1) is 26.3. The van der Waals surface area contributed by atoms with E-state index in [1.165, 1.54) is 6.21 Å². The summed E-state index contributed by atoms with van der Waals surface area (Å²) < 4.78 is 6.66. The lowest BCUT2D eigenvalue weighted by molar-refractivity contribution is -0.126. The molecule has 0 saturated heterocycles. The van der Waals surface area contributed by atoms with Gasteiger partial charge in [0.05, 0.1) is 21.9 Å². The molecule has 11 heteroatoms. The molecule has 0 unspecified atom stereocenters. The van der Waals surface area contributed by atoms with E-state index in [2.05, 4.69) is 31.8 Å². The molecule has 0 spiro atoms. The van der Waals surface area contributed by atoms with E-state index < -0.39 is 18.2 Å². The minimum Gasteiger partial charge on any atom is -0.488 e. The summed E-state index contributed by atoms with van der Waals surface area (Å²) in [4.78, 5) is 24.2. The number of hydrazone groups is 1. The molecule has 0 bridgehead atoms. The molecule has 3 aromatic carbocycles. The lowest BCUT2D eigenvalue weighted by atomic mass is 10.2. The van der Waals surface area contributed by atoms with Gasteiger partial charge in [-0.1, -0.05) is 74.5 Å². The van der Waals surface area contributed by atoms with Crippen LogP contribution in [0, 0.1) is 0 Å². The molecule has 2 amide bonds. The molecule has 0 heterocycles. The van der Waals surface area contributed by atoms with Gasteiger partial charge in [0.1, 0.15) is 18.8 Å². The lowest BCUT2D eigenvalue weighted by Crippen LogP contribution is -2.24. The molecule has 0 radical (unpaired) electrons. The predicted octanol–water partition coefficient (Wildman–Crippen LogP) is 7.12. The van der Waals surface area contributed by atoms with Gasteiger partial charge in [0, 0.05) is 25.6 Å². The van der Waals surface area contributed by atoms with Crippen LogP contribution in [0.4, 0.5) is 5.69 Å². The molecule has 3 rings (SSSR count). The number of halogens is 5. The Labute approximate surface area is 224 Å². The molecule has 176 valence electrons. The molecule has 0 aromatic heterocycles. The summed E-state index contributed by atoms with van der Waals surface area (Å²) in [6.45, 7) is 0.205. The van der Waals surface area contributed by atoms with E-state index in [4.69, 9.17) is 51.1 Å². The van der Waals surface area contributed by atoms with Crippen molar-refractivity contribution in [1.29, 1.82) is 0 Å². The smallest absolute Gasteiger partial charge is 0.249 e. The number of anilines is 1. The van der Waals surface area contributed by atoms with Crippen LogP contribution >= 0.6 is 62.3 Å². The Morgan fingerprint density at radius 3 is 2.53 bits per heavy atom. The maximum absolute atomic E-state index is 12.1. The molecule has 0 aliphatic rings. The van der Waals surface area contributed by atoms with Crippen molar-refractivity contribution in [1.82, 2.24) is 5.43 Å². The third-order valence-electron chi connectivity index (χ3n) is 4.31. The maximum atomic E-state index is 12.1. The molecular weight excluding hydrogens is 588 g/mol. The summed E-state index contributed by atoms with van der Waals surface area (Å²) >= 11 is 27.5. The number of hydrogen-bond acceptors (Lipinski definition) is 4. The zero-order valence-corrected chi connectivity index (χ0v) is 21.9. The second-order valence-electron chi connectivity index (χ2n) is 6.83. The van der Waals surface area contributed by atoms with Crippen molar-refractivity contribution in [3.05, 3.63) is 90.3 Å². The fourth-order valence-electron chi connectivity index (χ4n) is 2.70. The van der Waals surface area contributed by atoms with Gasteiger partial charge >= 0.3 is 0 Å². The summed E-state index contributed by atoms with van der Waals surface area (Å²) in [5, 5.41) is 7.96. The van der Waals surface area contributed by atoms with Gasteiger partial charge < -0.3 is 10.1 Å². The minimum atomic E-state index is -0.614. The van der Waals surface area contributed by atoms with Crippen molar-refractivity contribution >= 4 is 86.1 Å². The predicted molar refractivity (Wildman–Crippen MR) is 140 cm³/mol. The van der Waals surface area contributed by atoms with Crippen LogP contribution in [0.3, 0.4) is 0 Å². The SMILES string of the molecule is O=C(CC(=O)Nc1cccc(Cl)c1Cl)NN=Cc1cc(Br)ccc1OCc1ccc(Cl)cc1Cl. The molecule has 2 N–H and O–H groups in total. The number of carbonyl (C=O) groups excluding carboxylic acids is 2. The molecule has 0 saturated carbocycles. The molecule has 3 aromatic rings. The fourth-order valence-corrected chi connectivity index (χ4v) is 3.89. The van der Waals surface area contributed by atoms with Crippen molar-refractivity contribution in [3.63, 3.8) is 0 Å². The quantitative estimate of drug-likeness (QED) is 0.163. The highest BCUT2D eigenvalue weighted by Gasteiger charge is 2.12. The number of hydrogen-bond donors (Lipinski definition) is 2. The van der Waals surface area contributed by atoms with Gasteiger partial charge in [-0.2, -0.15) is 5.10 Å². The van der Waals surface area contributed by atoms with Crippen LogP contribution in [0.25, 0.3) is 0 Å². The van der Waals surface area contributed by atoms with Crippen LogP contribution < -0.4 is 15.5 Å². The zero-order chi connectivity index (χ0) is 24.7. The van der Waals surface area contributed by atoms with E-state index in [1.807, 2.05) is 0 Å². The highest BCUT2D eigenvalue weighted by molar-refractivity contribution is 9.10. The topological polar surface area (TPSA) is 79.8 Å². The maximum Gasteiger partial charge on any atom is 0.249 e. The van der Waals surface area contributed by atoms with Gasteiger partial charge in [0.25, 0.3) is 0 Å². The summed E-state index contributed by atoms with van der Waals surface area (Å²) in [6, 6.07) is 15.3. The minimum absolute atomic E-state index is 0.193. The van der Waals surface area contributed by atoms with Crippen LogP contribution in [0.5, 0.6) is 5.75 Å². The molecule has 0 atom stereocenters. The van der Waals surface area contributed by atoms with Crippen LogP contribution in [0.2, 0.25) is 20.1 Å². The Morgan fingerprint density at radius 2 is 1.76 bits per heavy atom. The summed E-state index contributed by atoms with van der Waals surface area (Å²) in [5.74, 6) is -0.666. The van der Waals surface area contributed by atoms with Crippen molar-refractivity contribution in [3.8, 4) is 5.75 Å². The molecular formula is C23H16BrCl4N3O3. The van der Waals surface area contributed by atoms with Crippen molar-refractivity contribution < 1.29 is 14.3 Å². The third kappa shape index (κ3) is 7.61. The highest BCUT2D eigenvalue weighted by atomic mass is 79.9. The van der Waals surface area contributed by atoms with Crippen LogP contribution in [-0.2, 0) is 16.2 Å². The van der Waals surface area contributed by atoms with Crippen LogP contribution in [0.1, 0.15) is 17.5 Å². The van der Waals surface area contributed by atoms with Gasteiger partial charge in [0.15, 0.2) is 0 Å². The first-order valence-corrected chi connectivity index (χ1v) is 12.0. The second kappa shape index (κ2) is 12.4. The first-order chi connectivity index (χ1) is 16.2. The number of nitrogens with zero attached hydrogens (tertiary/aromatic N) is 1. The molecule has 34 heavy (non-hydrogen) atoms. The van der Waals surface area contributed by atoms with Gasteiger partial charge in [-0.3, -0.25) is 9.59 Å². The Hall–Kier alpha value is -2.29. The van der Waals surface area contributed by atoms with Crippen molar-refractivity contribution in [2.45, 2.75) is 13.0 Å². The Kier molecular flexibility index (Phi) is 9.62. The van der Waals surface area contributed by atoms with Crippen molar-refractivity contribution in [2.24, 2.45) is 5.10 Å². The molecule has 6 nitrogen and oxygen atoms in total. The molecule has 0 fully saturated rings. The standard InChI is InChI=1S/C23H16BrCl4N3O3/c24-15-5-7-20(34-12-13-4-6-16(25)9-18(13)27)14(8-15)11-29-31-22(33)10-21(32)30-19-3-1-2-17(26)23(19)28/h1-9,11H,10,12H2,(H,30,32)(H,31,33).